The summed E-state index contributed by atoms with van der Waals surface area (Å²) in [4.78, 5) is 14.8. The molecular formula is C23H30FN3O7S2. The molecule has 0 radical (unpaired) electrons. The van der Waals surface area contributed by atoms with Crippen LogP contribution in [0.2, 0.25) is 0 Å². The molecule has 0 unspecified atom stereocenters. The second-order valence-electron chi connectivity index (χ2n) is 8.95. The first-order valence-electron chi connectivity index (χ1n) is 11.1. The van der Waals surface area contributed by atoms with Gasteiger partial charge in [-0.25, -0.2) is 21.2 Å². The maximum atomic E-state index is 13.4. The minimum atomic E-state index is -3.96. The summed E-state index contributed by atoms with van der Waals surface area (Å²) in [5, 5.41) is 9.74. The number of ether oxygens (including phenoxy) is 1. The number of likely N-dealkylation sites (N-methyl/N-ethyl adjacent to an activating group) is 1. The Morgan fingerprint density at radius 1 is 1.19 bits per heavy atom. The summed E-state index contributed by atoms with van der Waals surface area (Å²) >= 11 is 0. The van der Waals surface area contributed by atoms with Gasteiger partial charge in [-0.2, -0.15) is 4.31 Å². The highest BCUT2D eigenvalue weighted by Crippen LogP contribution is 2.31. The van der Waals surface area contributed by atoms with Crippen molar-refractivity contribution in [2.24, 2.45) is 5.92 Å². The van der Waals surface area contributed by atoms with Gasteiger partial charge in [-0.1, -0.05) is 6.92 Å². The summed E-state index contributed by atoms with van der Waals surface area (Å²) in [6.45, 7) is 3.24. The molecule has 1 aliphatic rings. The summed E-state index contributed by atoms with van der Waals surface area (Å²) < 4.78 is 72.3. The number of sulfonamides is 2. The van der Waals surface area contributed by atoms with Crippen LogP contribution in [0.15, 0.2) is 47.4 Å². The molecule has 1 heterocycles. The normalized spacial score (nSPS) is 19.8. The highest BCUT2D eigenvalue weighted by Gasteiger charge is 2.35. The Morgan fingerprint density at radius 2 is 1.83 bits per heavy atom. The van der Waals surface area contributed by atoms with Crippen molar-refractivity contribution in [1.29, 1.82) is 0 Å². The minimum Gasteiger partial charge on any atom is -0.488 e. The number of carbonyl (C=O) groups is 1. The Labute approximate surface area is 210 Å². The monoisotopic (exact) mass is 543 g/mol. The molecule has 0 saturated heterocycles. The first kappa shape index (κ1) is 27.8. The largest absolute Gasteiger partial charge is 0.488 e. The number of hydrogen-bond acceptors (Lipinski definition) is 7. The van der Waals surface area contributed by atoms with E-state index < -0.39 is 43.9 Å². The fourth-order valence-corrected chi connectivity index (χ4v) is 5.59. The average Bonchev–Trinajstić information content (AvgIpc) is 2.80. The highest BCUT2D eigenvalue weighted by atomic mass is 32.2. The maximum Gasteiger partial charge on any atom is 0.258 e. The van der Waals surface area contributed by atoms with Crippen molar-refractivity contribution in [3.05, 3.63) is 53.8 Å². The quantitative estimate of drug-likeness (QED) is 0.518. The maximum absolute atomic E-state index is 13.4. The molecule has 0 fully saturated rings. The number of carbonyl (C=O) groups excluding carboxylic acids is 1. The van der Waals surface area contributed by atoms with E-state index in [0.29, 0.717) is 0 Å². The second-order valence-corrected chi connectivity index (χ2v) is 12.7. The Hall–Kier alpha value is -2.74. The number of hydrogen-bond donors (Lipinski definition) is 2. The van der Waals surface area contributed by atoms with Gasteiger partial charge in [0.15, 0.2) is 0 Å². The molecule has 2 N–H and O–H groups in total. The van der Waals surface area contributed by atoms with Gasteiger partial charge in [-0.05, 0) is 49.4 Å². The van der Waals surface area contributed by atoms with Crippen molar-refractivity contribution in [3.8, 4) is 5.75 Å². The lowest BCUT2D eigenvalue weighted by Crippen LogP contribution is -2.50. The zero-order chi connectivity index (χ0) is 26.8. The van der Waals surface area contributed by atoms with Crippen molar-refractivity contribution >= 4 is 31.6 Å². The first-order chi connectivity index (χ1) is 16.7. The van der Waals surface area contributed by atoms with Crippen molar-refractivity contribution in [1.82, 2.24) is 9.21 Å². The lowest BCUT2D eigenvalue weighted by Gasteiger charge is -2.38. The van der Waals surface area contributed by atoms with Gasteiger partial charge in [-0.3, -0.25) is 9.52 Å². The van der Waals surface area contributed by atoms with Crippen LogP contribution in [0, 0.1) is 11.7 Å². The van der Waals surface area contributed by atoms with E-state index in [0.717, 1.165) is 22.7 Å². The average molecular weight is 544 g/mol. The van der Waals surface area contributed by atoms with Crippen LogP contribution in [-0.4, -0.2) is 82.2 Å². The number of aliphatic hydroxyl groups excluding tert-OH is 1. The molecule has 2 aromatic carbocycles. The number of anilines is 1. The molecule has 0 bridgehead atoms. The summed E-state index contributed by atoms with van der Waals surface area (Å²) in [5.74, 6) is -1.21. The third kappa shape index (κ3) is 6.33. The fraction of sp³-hybridized carbons (Fsp3) is 0.435. The molecule has 198 valence electrons. The molecule has 13 heteroatoms. The van der Waals surface area contributed by atoms with Gasteiger partial charge >= 0.3 is 0 Å². The van der Waals surface area contributed by atoms with E-state index in [9.17, 15) is 31.1 Å². The van der Waals surface area contributed by atoms with Gasteiger partial charge in [-0.15, -0.1) is 0 Å². The Morgan fingerprint density at radius 3 is 2.42 bits per heavy atom. The van der Waals surface area contributed by atoms with Crippen LogP contribution in [0.4, 0.5) is 10.1 Å². The number of halogens is 1. The number of benzene rings is 2. The SMILES string of the molecule is C[C@@H]1CN([C@@H](C)CO)C(=O)c2cc(NS(C)(=O)=O)ccc2O[C@@H]1CN(C)S(=O)(=O)c1ccc(F)cc1. The standard InChI is InChI=1S/C23H30FN3O7S2/c1-15-12-27(16(2)14-28)23(29)20-11-18(25-35(4,30)31)7-10-21(20)34-22(15)13-26(3)36(32,33)19-8-5-17(24)6-9-19/h5-11,15-16,22,25,28H,12-14H2,1-4H3/t15-,16+,22-/m1/s1. The molecule has 3 rings (SSSR count). The number of aliphatic hydroxyl groups is 1. The van der Waals surface area contributed by atoms with Crippen LogP contribution in [0.1, 0.15) is 24.2 Å². The van der Waals surface area contributed by atoms with Crippen LogP contribution >= 0.6 is 0 Å². The highest BCUT2D eigenvalue weighted by molar-refractivity contribution is 7.92. The number of rotatable bonds is 8. The zero-order valence-electron chi connectivity index (χ0n) is 20.4. The van der Waals surface area contributed by atoms with Gasteiger partial charge in [0.05, 0.1) is 35.9 Å². The predicted molar refractivity (Wildman–Crippen MR) is 132 cm³/mol. The van der Waals surface area contributed by atoms with Crippen molar-refractivity contribution < 1.29 is 35.9 Å². The van der Waals surface area contributed by atoms with Crippen molar-refractivity contribution in [2.45, 2.75) is 30.9 Å². The Bertz CT molecular complexity index is 1320. The molecule has 0 aromatic heterocycles. The minimum absolute atomic E-state index is 0.0740. The molecule has 10 nitrogen and oxygen atoms in total. The zero-order valence-corrected chi connectivity index (χ0v) is 22.0. The lowest BCUT2D eigenvalue weighted by atomic mass is 9.99. The summed E-state index contributed by atoms with van der Waals surface area (Å²) in [5.41, 5.74) is 0.232. The van der Waals surface area contributed by atoms with Crippen molar-refractivity contribution in [3.63, 3.8) is 0 Å². The Balaban J connectivity index is 1.99. The smallest absolute Gasteiger partial charge is 0.258 e. The summed E-state index contributed by atoms with van der Waals surface area (Å²) in [6.07, 6.45) is 0.274. The summed E-state index contributed by atoms with van der Waals surface area (Å²) in [6, 6.07) is 8.16. The molecule has 3 atom stereocenters. The van der Waals surface area contributed by atoms with E-state index >= 15 is 0 Å². The lowest BCUT2D eigenvalue weighted by molar-refractivity contribution is 0.0387. The molecule has 1 amide bonds. The molecule has 2 aromatic rings. The van der Waals surface area contributed by atoms with Gasteiger partial charge in [0.2, 0.25) is 20.0 Å². The van der Waals surface area contributed by atoms with Crippen LogP contribution in [0.5, 0.6) is 5.75 Å². The van der Waals surface area contributed by atoms with E-state index in [1.165, 1.54) is 42.3 Å². The van der Waals surface area contributed by atoms with E-state index in [2.05, 4.69) is 4.72 Å². The van der Waals surface area contributed by atoms with E-state index in [1.54, 1.807) is 13.8 Å². The van der Waals surface area contributed by atoms with Gasteiger partial charge < -0.3 is 14.7 Å². The number of amides is 1. The fourth-order valence-electron chi connectivity index (χ4n) is 3.86. The van der Waals surface area contributed by atoms with E-state index in [1.807, 2.05) is 0 Å². The van der Waals surface area contributed by atoms with Crippen molar-refractivity contribution in [2.75, 3.05) is 37.7 Å². The van der Waals surface area contributed by atoms with Crippen LogP contribution in [-0.2, 0) is 20.0 Å². The number of nitrogens with one attached hydrogen (secondary N) is 1. The number of fused-ring (bicyclic) bond motifs is 1. The van der Waals surface area contributed by atoms with Gasteiger partial charge in [0.25, 0.3) is 5.91 Å². The van der Waals surface area contributed by atoms with Crippen LogP contribution in [0.3, 0.4) is 0 Å². The third-order valence-electron chi connectivity index (χ3n) is 5.93. The third-order valence-corrected chi connectivity index (χ3v) is 8.37. The Kier molecular flexibility index (Phi) is 8.28. The topological polar surface area (TPSA) is 133 Å². The predicted octanol–water partition coefficient (Wildman–Crippen LogP) is 1.74. The molecule has 1 aliphatic heterocycles. The molecule has 0 aliphatic carbocycles. The molecule has 0 saturated carbocycles. The van der Waals surface area contributed by atoms with E-state index in [4.69, 9.17) is 4.74 Å². The molecule has 36 heavy (non-hydrogen) atoms. The van der Waals surface area contributed by atoms with Crippen LogP contribution < -0.4 is 9.46 Å². The van der Waals surface area contributed by atoms with Gasteiger partial charge in [0, 0.05) is 25.2 Å². The second kappa shape index (κ2) is 10.7. The van der Waals surface area contributed by atoms with Crippen LogP contribution in [0.25, 0.3) is 0 Å². The summed E-state index contributed by atoms with van der Waals surface area (Å²) in [7, 11) is -6.18. The van der Waals surface area contributed by atoms with E-state index in [-0.39, 0.29) is 47.5 Å². The molecular weight excluding hydrogens is 513 g/mol. The molecule has 0 spiro atoms. The number of nitrogens with zero attached hydrogens (tertiary/aromatic N) is 2. The van der Waals surface area contributed by atoms with Gasteiger partial charge in [0.1, 0.15) is 17.7 Å². The first-order valence-corrected chi connectivity index (χ1v) is 14.5.